The quantitative estimate of drug-likeness (QED) is 0.254. The van der Waals surface area contributed by atoms with E-state index in [2.05, 4.69) is 5.18 Å². The van der Waals surface area contributed by atoms with Crippen molar-refractivity contribution in [2.75, 3.05) is 0 Å². The van der Waals surface area contributed by atoms with Crippen LogP contribution in [0.15, 0.2) is 17.3 Å². The zero-order valence-electron chi connectivity index (χ0n) is 9.44. The minimum Gasteiger partial charge on any atom is -0.501 e. The fraction of sp³-hybridized carbons (Fsp3) is 0.222. The third kappa shape index (κ3) is 3.20. The Hall–Kier alpha value is -2.59. The Morgan fingerprint density at radius 3 is 2.68 bits per heavy atom. The van der Waals surface area contributed by atoms with Crippen LogP contribution < -0.4 is 11.2 Å². The summed E-state index contributed by atoms with van der Waals surface area (Å²) in [5.41, 5.74) is 5.63. The largest absolute Gasteiger partial charge is 0.501 e. The molecule has 1 rings (SSSR count). The first-order chi connectivity index (χ1) is 8.90. The van der Waals surface area contributed by atoms with E-state index in [9.17, 15) is 24.9 Å². The summed E-state index contributed by atoms with van der Waals surface area (Å²) in [6.45, 7) is 0. The average molecular weight is 270 g/mol. The molecule has 0 saturated heterocycles. The van der Waals surface area contributed by atoms with Crippen molar-refractivity contribution in [2.45, 2.75) is 12.5 Å². The summed E-state index contributed by atoms with van der Waals surface area (Å²) in [5.74, 6) is -1.75. The van der Waals surface area contributed by atoms with Crippen molar-refractivity contribution in [3.05, 3.63) is 32.7 Å². The molecule has 1 amide bonds. The second kappa shape index (κ2) is 5.84. The first-order valence-electron chi connectivity index (χ1n) is 4.93. The topological polar surface area (TPSA) is 168 Å². The molecule has 0 unspecified atom stereocenters. The molecule has 5 N–H and O–H groups in total. The summed E-state index contributed by atoms with van der Waals surface area (Å²) < 4.78 is 0. The highest BCUT2D eigenvalue weighted by Crippen LogP contribution is 2.37. The Morgan fingerprint density at radius 1 is 1.58 bits per heavy atom. The van der Waals surface area contributed by atoms with Gasteiger partial charge in [-0.3, -0.25) is 20.1 Å². The second-order valence-electron chi connectivity index (χ2n) is 3.62. The van der Waals surface area contributed by atoms with E-state index in [1.165, 1.54) is 5.48 Å². The number of nitro benzene ring substituents is 1. The number of phenols is 1. The number of nitrogens with zero attached hydrogens (tertiary/aromatic N) is 2. The van der Waals surface area contributed by atoms with E-state index >= 15 is 0 Å². The summed E-state index contributed by atoms with van der Waals surface area (Å²) in [5, 5.41) is 30.9. The molecule has 1 atom stereocenters. The van der Waals surface area contributed by atoms with E-state index in [1.807, 2.05) is 0 Å². The number of hydrogen-bond acceptors (Lipinski definition) is 8. The Balaban J connectivity index is 3.15. The van der Waals surface area contributed by atoms with Crippen molar-refractivity contribution >= 4 is 17.3 Å². The van der Waals surface area contributed by atoms with Crippen molar-refractivity contribution in [3.63, 3.8) is 0 Å². The number of hydroxylamine groups is 1. The van der Waals surface area contributed by atoms with Crippen LogP contribution in [0.1, 0.15) is 5.56 Å². The summed E-state index contributed by atoms with van der Waals surface area (Å²) in [4.78, 5) is 31.2. The Bertz CT molecular complexity index is 532. The number of phenolic OH excluding ortho intramolecular Hbond substituents is 1. The molecule has 0 saturated carbocycles. The number of carbonyl (C=O) groups is 1. The standard InChI is InChI=1S/C9H10N4O6/c10-5(9(15)12-17)1-4-2-6(11-16)8(14)7(3-4)13(18)19/h2-3,5,14,17H,1,10H2,(H,12,15)/t5-/m0/s1. The van der Waals surface area contributed by atoms with Crippen LogP contribution in [0.3, 0.4) is 0 Å². The molecule has 0 aliphatic carbocycles. The lowest BCUT2D eigenvalue weighted by Crippen LogP contribution is -2.40. The Kier molecular flexibility index (Phi) is 4.45. The number of carbonyl (C=O) groups excluding carboxylic acids is 1. The molecule has 0 aliphatic heterocycles. The van der Waals surface area contributed by atoms with Crippen LogP contribution in [0.5, 0.6) is 5.75 Å². The molecule has 0 bridgehead atoms. The van der Waals surface area contributed by atoms with Crippen LogP contribution >= 0.6 is 0 Å². The van der Waals surface area contributed by atoms with Gasteiger partial charge >= 0.3 is 5.69 Å². The van der Waals surface area contributed by atoms with Crippen LogP contribution in [0.25, 0.3) is 0 Å². The van der Waals surface area contributed by atoms with Gasteiger partial charge in [0, 0.05) is 6.07 Å². The van der Waals surface area contributed by atoms with Gasteiger partial charge in [-0.15, -0.1) is 4.91 Å². The van der Waals surface area contributed by atoms with Gasteiger partial charge in [0.2, 0.25) is 5.75 Å². The van der Waals surface area contributed by atoms with Crippen molar-refractivity contribution in [1.29, 1.82) is 0 Å². The van der Waals surface area contributed by atoms with E-state index in [0.29, 0.717) is 0 Å². The number of nitrogens with two attached hydrogens (primary N) is 1. The molecule has 0 aliphatic rings. The lowest BCUT2D eigenvalue weighted by atomic mass is 10.0. The minimum atomic E-state index is -1.17. The molecule has 0 spiro atoms. The number of nitrogens with one attached hydrogen (secondary N) is 1. The average Bonchev–Trinajstić information content (AvgIpc) is 2.38. The monoisotopic (exact) mass is 270 g/mol. The lowest BCUT2D eigenvalue weighted by Gasteiger charge is -2.09. The van der Waals surface area contributed by atoms with Crippen LogP contribution in [-0.4, -0.2) is 27.2 Å². The first-order valence-corrected chi connectivity index (χ1v) is 4.93. The number of nitro groups is 1. The minimum absolute atomic E-state index is 0.148. The van der Waals surface area contributed by atoms with E-state index in [0.717, 1.165) is 12.1 Å². The first kappa shape index (κ1) is 14.5. The smallest absolute Gasteiger partial charge is 0.313 e. The molecule has 0 aromatic heterocycles. The molecule has 1 aromatic carbocycles. The Labute approximate surface area is 105 Å². The van der Waals surface area contributed by atoms with Gasteiger partial charge in [-0.2, -0.15) is 0 Å². The molecular formula is C9H10N4O6. The van der Waals surface area contributed by atoms with E-state index < -0.39 is 34.0 Å². The lowest BCUT2D eigenvalue weighted by molar-refractivity contribution is -0.385. The molecule has 102 valence electrons. The second-order valence-corrected chi connectivity index (χ2v) is 3.62. The number of rotatable bonds is 5. The van der Waals surface area contributed by atoms with Crippen LogP contribution in [0.2, 0.25) is 0 Å². The molecule has 0 radical (unpaired) electrons. The third-order valence-corrected chi connectivity index (χ3v) is 2.33. The van der Waals surface area contributed by atoms with Gasteiger partial charge < -0.3 is 10.8 Å². The maximum absolute atomic E-state index is 11.0. The van der Waals surface area contributed by atoms with Gasteiger partial charge in [-0.1, -0.05) is 0 Å². The van der Waals surface area contributed by atoms with Gasteiger partial charge in [0.15, 0.2) is 5.69 Å². The van der Waals surface area contributed by atoms with Crippen LogP contribution in [0, 0.1) is 15.0 Å². The van der Waals surface area contributed by atoms with Gasteiger partial charge in [0.05, 0.1) is 11.0 Å². The fourth-order valence-corrected chi connectivity index (χ4v) is 1.42. The fourth-order valence-electron chi connectivity index (χ4n) is 1.42. The molecular weight excluding hydrogens is 260 g/mol. The normalized spacial score (nSPS) is 11.7. The zero-order chi connectivity index (χ0) is 14.6. The predicted molar refractivity (Wildman–Crippen MR) is 61.8 cm³/mol. The molecule has 10 nitrogen and oxygen atoms in total. The maximum atomic E-state index is 11.0. The number of amides is 1. The summed E-state index contributed by atoms with van der Waals surface area (Å²) in [7, 11) is 0. The van der Waals surface area contributed by atoms with Crippen molar-refractivity contribution in [2.24, 2.45) is 10.9 Å². The highest BCUT2D eigenvalue weighted by molar-refractivity contribution is 5.80. The highest BCUT2D eigenvalue weighted by Gasteiger charge is 2.22. The number of hydrogen-bond donors (Lipinski definition) is 4. The third-order valence-electron chi connectivity index (χ3n) is 2.33. The van der Waals surface area contributed by atoms with E-state index in [1.54, 1.807) is 0 Å². The number of nitroso groups, excluding NO2 is 1. The molecule has 1 aromatic rings. The molecule has 0 heterocycles. The van der Waals surface area contributed by atoms with Gasteiger partial charge in [0.1, 0.15) is 0 Å². The Morgan fingerprint density at radius 2 is 2.21 bits per heavy atom. The number of benzene rings is 1. The van der Waals surface area contributed by atoms with Gasteiger partial charge in [-0.05, 0) is 23.2 Å². The van der Waals surface area contributed by atoms with Crippen LogP contribution in [0.4, 0.5) is 11.4 Å². The SMILES string of the molecule is N[C@@H](Cc1cc(N=O)c(O)c([N+](=O)[O-])c1)C(=O)NO. The van der Waals surface area contributed by atoms with Crippen molar-refractivity contribution in [1.82, 2.24) is 5.48 Å². The molecule has 10 heteroatoms. The van der Waals surface area contributed by atoms with E-state index in [-0.39, 0.29) is 12.0 Å². The summed E-state index contributed by atoms with van der Waals surface area (Å²) in [6, 6.07) is 0.864. The zero-order valence-corrected chi connectivity index (χ0v) is 9.44. The molecule has 0 fully saturated rings. The van der Waals surface area contributed by atoms with Crippen molar-refractivity contribution < 1.29 is 20.0 Å². The summed E-state index contributed by atoms with van der Waals surface area (Å²) in [6.07, 6.45) is -0.184. The summed E-state index contributed by atoms with van der Waals surface area (Å²) >= 11 is 0. The van der Waals surface area contributed by atoms with Gasteiger partial charge in [0.25, 0.3) is 5.91 Å². The van der Waals surface area contributed by atoms with Crippen LogP contribution in [-0.2, 0) is 11.2 Å². The predicted octanol–water partition coefficient (Wildman–Crippen LogP) is 0.0735. The maximum Gasteiger partial charge on any atom is 0.313 e. The molecule has 19 heavy (non-hydrogen) atoms. The highest BCUT2D eigenvalue weighted by atomic mass is 16.6. The van der Waals surface area contributed by atoms with Gasteiger partial charge in [-0.25, -0.2) is 5.48 Å². The van der Waals surface area contributed by atoms with Crippen molar-refractivity contribution in [3.8, 4) is 5.75 Å². The van der Waals surface area contributed by atoms with E-state index in [4.69, 9.17) is 10.9 Å². The number of aromatic hydroxyl groups is 1.